The lowest BCUT2D eigenvalue weighted by molar-refractivity contribution is 0.228. The van der Waals surface area contributed by atoms with Gasteiger partial charge in [-0.25, -0.2) is 4.79 Å². The first kappa shape index (κ1) is 16.6. The lowest BCUT2D eigenvalue weighted by Crippen LogP contribution is -2.44. The Morgan fingerprint density at radius 1 is 1.35 bits per heavy atom. The van der Waals surface area contributed by atoms with Crippen LogP contribution in [0.3, 0.4) is 0 Å². The fourth-order valence-electron chi connectivity index (χ4n) is 3.59. The molecular weight excluding hydrogens is 310 g/mol. The number of aromatic nitrogens is 3. The molecule has 0 aromatic carbocycles. The summed E-state index contributed by atoms with van der Waals surface area (Å²) in [4.78, 5) is 12.4. The molecule has 1 fully saturated rings. The maximum atomic E-state index is 12.4. The third-order valence-electron chi connectivity index (χ3n) is 4.92. The summed E-state index contributed by atoms with van der Waals surface area (Å²) in [7, 11) is 0. The minimum atomic E-state index is -0.0906. The predicted octanol–water partition coefficient (Wildman–Crippen LogP) is 2.50. The van der Waals surface area contributed by atoms with Crippen LogP contribution in [0.25, 0.3) is 0 Å². The molecule has 1 aromatic heterocycles. The van der Waals surface area contributed by atoms with Gasteiger partial charge in [0.1, 0.15) is 5.82 Å². The molecule has 0 spiro atoms. The van der Waals surface area contributed by atoms with Gasteiger partial charge in [0.15, 0.2) is 5.82 Å². The van der Waals surface area contributed by atoms with Crippen molar-refractivity contribution in [2.24, 2.45) is 5.92 Å². The molecule has 2 heterocycles. The van der Waals surface area contributed by atoms with E-state index < -0.39 is 0 Å². The summed E-state index contributed by atoms with van der Waals surface area (Å²) in [6, 6.07) is 0.127. The van der Waals surface area contributed by atoms with E-state index in [2.05, 4.69) is 45.5 Å². The van der Waals surface area contributed by atoms with Crippen LogP contribution in [-0.2, 0) is 13.0 Å². The Balaban J connectivity index is 1.62. The van der Waals surface area contributed by atoms with Gasteiger partial charge in [-0.3, -0.25) is 0 Å². The quantitative estimate of drug-likeness (QED) is 0.866. The van der Waals surface area contributed by atoms with E-state index in [4.69, 9.17) is 0 Å². The number of urea groups is 1. The highest BCUT2D eigenvalue weighted by Gasteiger charge is 2.29. The first-order chi connectivity index (χ1) is 11.1. The minimum absolute atomic E-state index is 0.0780. The Bertz CT molecular complexity index is 559. The van der Waals surface area contributed by atoms with E-state index in [0.717, 1.165) is 43.9 Å². The van der Waals surface area contributed by atoms with E-state index in [9.17, 15) is 4.79 Å². The number of hydrogen-bond donors (Lipinski definition) is 2. The number of amides is 2. The lowest BCUT2D eigenvalue weighted by atomic mass is 10.0. The van der Waals surface area contributed by atoms with Crippen molar-refractivity contribution in [2.75, 3.05) is 6.26 Å². The Morgan fingerprint density at radius 3 is 2.87 bits per heavy atom. The van der Waals surface area contributed by atoms with Gasteiger partial charge < -0.3 is 15.2 Å². The van der Waals surface area contributed by atoms with Crippen LogP contribution in [0.5, 0.6) is 0 Å². The molecule has 3 rings (SSSR count). The smallest absolute Gasteiger partial charge is 0.315 e. The number of rotatable bonds is 5. The van der Waals surface area contributed by atoms with Crippen LogP contribution >= 0.6 is 11.8 Å². The number of fused-ring (bicyclic) bond motifs is 1. The van der Waals surface area contributed by atoms with Gasteiger partial charge in [-0.1, -0.05) is 13.8 Å². The van der Waals surface area contributed by atoms with E-state index in [-0.39, 0.29) is 18.0 Å². The van der Waals surface area contributed by atoms with E-state index in [1.807, 2.05) is 11.8 Å². The van der Waals surface area contributed by atoms with Gasteiger partial charge in [0.25, 0.3) is 0 Å². The molecule has 0 bridgehead atoms. The largest absolute Gasteiger partial charge is 0.335 e. The van der Waals surface area contributed by atoms with Crippen LogP contribution in [-0.4, -0.2) is 38.3 Å². The second kappa shape index (κ2) is 7.11. The molecule has 2 aliphatic rings. The molecule has 1 aliphatic carbocycles. The summed E-state index contributed by atoms with van der Waals surface area (Å²) in [5, 5.41) is 15.6. The molecule has 0 saturated heterocycles. The monoisotopic (exact) mass is 337 g/mol. The van der Waals surface area contributed by atoms with Crippen molar-refractivity contribution in [1.29, 1.82) is 0 Å². The normalized spacial score (nSPS) is 24.7. The first-order valence-corrected chi connectivity index (χ1v) is 9.89. The van der Waals surface area contributed by atoms with Crippen LogP contribution < -0.4 is 10.6 Å². The van der Waals surface area contributed by atoms with Crippen molar-refractivity contribution < 1.29 is 4.79 Å². The highest BCUT2D eigenvalue weighted by Crippen LogP contribution is 2.28. The highest BCUT2D eigenvalue weighted by molar-refractivity contribution is 7.99. The van der Waals surface area contributed by atoms with Crippen LogP contribution in [0.1, 0.15) is 57.2 Å². The zero-order chi connectivity index (χ0) is 16.4. The maximum absolute atomic E-state index is 12.4. The standard InChI is InChI=1S/C16H27N5OS/c1-10(2)14(15-20-19-13-5-4-8-21(13)15)18-16(22)17-11-6-7-12(9-11)23-3/h10-12,14H,4-9H2,1-3H3,(H2,17,18,22)/t11-,12+,14+/m0/s1. The Kier molecular flexibility index (Phi) is 5.14. The summed E-state index contributed by atoms with van der Waals surface area (Å²) in [5.41, 5.74) is 0. The van der Waals surface area contributed by atoms with Gasteiger partial charge in [-0.2, -0.15) is 11.8 Å². The van der Waals surface area contributed by atoms with Gasteiger partial charge in [0, 0.05) is 24.3 Å². The van der Waals surface area contributed by atoms with E-state index in [1.165, 1.54) is 6.42 Å². The number of nitrogens with zero attached hydrogens (tertiary/aromatic N) is 3. The van der Waals surface area contributed by atoms with Crippen LogP contribution in [0.2, 0.25) is 0 Å². The average Bonchev–Trinajstić information content (AvgIpc) is 3.21. The van der Waals surface area contributed by atoms with E-state index >= 15 is 0 Å². The molecule has 6 nitrogen and oxygen atoms in total. The fourth-order valence-corrected chi connectivity index (χ4v) is 4.38. The molecule has 3 atom stereocenters. The molecule has 7 heteroatoms. The summed E-state index contributed by atoms with van der Waals surface area (Å²) >= 11 is 1.90. The molecule has 0 unspecified atom stereocenters. The Morgan fingerprint density at radius 2 is 2.17 bits per heavy atom. The number of carbonyl (C=O) groups is 1. The van der Waals surface area contributed by atoms with E-state index in [0.29, 0.717) is 11.3 Å². The molecule has 1 saturated carbocycles. The summed E-state index contributed by atoms with van der Waals surface area (Å²) in [6.07, 6.45) is 7.59. The van der Waals surface area contributed by atoms with E-state index in [1.54, 1.807) is 0 Å². The molecule has 1 aliphatic heterocycles. The van der Waals surface area contributed by atoms with Gasteiger partial charge in [-0.05, 0) is 37.9 Å². The summed E-state index contributed by atoms with van der Waals surface area (Å²) in [6.45, 7) is 5.18. The predicted molar refractivity (Wildman–Crippen MR) is 92.5 cm³/mol. The number of carbonyl (C=O) groups excluding carboxylic acids is 1. The third-order valence-corrected chi connectivity index (χ3v) is 6.02. The van der Waals surface area contributed by atoms with Crippen LogP contribution in [0.4, 0.5) is 4.79 Å². The first-order valence-electron chi connectivity index (χ1n) is 8.60. The van der Waals surface area contributed by atoms with Crippen molar-refractivity contribution >= 4 is 17.8 Å². The van der Waals surface area contributed by atoms with Crippen molar-refractivity contribution in [3.8, 4) is 0 Å². The Labute approximate surface area is 142 Å². The summed E-state index contributed by atoms with van der Waals surface area (Å²) in [5.74, 6) is 2.22. The lowest BCUT2D eigenvalue weighted by Gasteiger charge is -2.23. The topological polar surface area (TPSA) is 71.8 Å². The molecule has 23 heavy (non-hydrogen) atoms. The van der Waals surface area contributed by atoms with Crippen molar-refractivity contribution in [1.82, 2.24) is 25.4 Å². The Hall–Kier alpha value is -1.24. The van der Waals surface area contributed by atoms with Crippen LogP contribution in [0.15, 0.2) is 0 Å². The van der Waals surface area contributed by atoms with Crippen molar-refractivity contribution in [3.63, 3.8) is 0 Å². The second-order valence-electron chi connectivity index (χ2n) is 6.94. The summed E-state index contributed by atoms with van der Waals surface area (Å²) < 4.78 is 2.17. The minimum Gasteiger partial charge on any atom is -0.335 e. The molecule has 0 radical (unpaired) electrons. The zero-order valence-electron chi connectivity index (χ0n) is 14.2. The number of thioether (sulfide) groups is 1. The fraction of sp³-hybridized carbons (Fsp3) is 0.812. The zero-order valence-corrected chi connectivity index (χ0v) is 15.0. The van der Waals surface area contributed by atoms with Crippen LogP contribution in [0, 0.1) is 5.92 Å². The third kappa shape index (κ3) is 3.65. The van der Waals surface area contributed by atoms with Crippen molar-refractivity contribution in [3.05, 3.63) is 11.6 Å². The number of aryl methyl sites for hydroxylation is 1. The molecule has 128 valence electrons. The van der Waals surface area contributed by atoms with Gasteiger partial charge in [0.05, 0.1) is 6.04 Å². The van der Waals surface area contributed by atoms with Gasteiger partial charge >= 0.3 is 6.03 Å². The molecule has 1 aromatic rings. The maximum Gasteiger partial charge on any atom is 0.315 e. The highest BCUT2D eigenvalue weighted by atomic mass is 32.2. The van der Waals surface area contributed by atoms with Crippen molar-refractivity contribution in [2.45, 2.75) is 69.8 Å². The second-order valence-corrected chi connectivity index (χ2v) is 8.07. The van der Waals surface area contributed by atoms with Gasteiger partial charge in [-0.15, -0.1) is 10.2 Å². The average molecular weight is 337 g/mol. The molecular formula is C16H27N5OS. The number of hydrogen-bond acceptors (Lipinski definition) is 4. The molecule has 2 amide bonds. The number of nitrogens with one attached hydrogen (secondary N) is 2. The molecule has 2 N–H and O–H groups in total. The SMILES string of the molecule is CS[C@@H]1CC[C@H](NC(=O)N[C@@H](c2nnc3n2CCC3)C(C)C)C1. The van der Waals surface area contributed by atoms with Gasteiger partial charge in [0.2, 0.25) is 0 Å².